The summed E-state index contributed by atoms with van der Waals surface area (Å²) < 4.78 is 5.28. The van der Waals surface area contributed by atoms with Gasteiger partial charge < -0.3 is 14.8 Å². The van der Waals surface area contributed by atoms with Crippen molar-refractivity contribution in [2.24, 2.45) is 0 Å². The Bertz CT molecular complexity index is 566. The van der Waals surface area contributed by atoms with Gasteiger partial charge in [0.25, 0.3) is 5.91 Å². The van der Waals surface area contributed by atoms with Gasteiger partial charge in [0, 0.05) is 22.8 Å². The Balaban J connectivity index is 1.90. The van der Waals surface area contributed by atoms with Crippen LogP contribution in [0.2, 0.25) is 0 Å². The van der Waals surface area contributed by atoms with Crippen LogP contribution >= 0.6 is 11.8 Å². The van der Waals surface area contributed by atoms with Crippen LogP contribution in [0.3, 0.4) is 0 Å². The molecule has 1 unspecified atom stereocenters. The van der Waals surface area contributed by atoms with Crippen molar-refractivity contribution in [2.45, 2.75) is 30.1 Å². The molecule has 0 saturated heterocycles. The van der Waals surface area contributed by atoms with Gasteiger partial charge >= 0.3 is 0 Å². The fourth-order valence-corrected chi connectivity index (χ4v) is 2.70. The Labute approximate surface area is 128 Å². The highest BCUT2D eigenvalue weighted by Gasteiger charge is 2.15. The molecule has 0 spiro atoms. The average Bonchev–Trinajstić information content (AvgIpc) is 2.94. The summed E-state index contributed by atoms with van der Waals surface area (Å²) in [6.07, 6.45) is 1.64. The van der Waals surface area contributed by atoms with E-state index in [4.69, 9.17) is 4.42 Å². The first-order valence-electron chi connectivity index (χ1n) is 6.87. The monoisotopic (exact) mass is 305 g/mol. The molecule has 0 bridgehead atoms. The zero-order valence-corrected chi connectivity index (χ0v) is 12.7. The summed E-state index contributed by atoms with van der Waals surface area (Å²) in [6, 6.07) is 11.8. The minimum atomic E-state index is -0.421. The number of rotatable bonds is 7. The first-order valence-corrected chi connectivity index (χ1v) is 7.86. The molecule has 0 aliphatic carbocycles. The normalized spacial score (nSPS) is 12.1. The number of aliphatic hydroxyl groups is 1. The summed E-state index contributed by atoms with van der Waals surface area (Å²) in [5, 5.41) is 11.9. The molecule has 2 aromatic rings. The molecule has 1 atom stereocenters. The highest BCUT2D eigenvalue weighted by molar-refractivity contribution is 7.98. The molecule has 112 valence electrons. The molecule has 1 heterocycles. The smallest absolute Gasteiger partial charge is 0.287 e. The average molecular weight is 305 g/mol. The largest absolute Gasteiger partial charge is 0.459 e. The van der Waals surface area contributed by atoms with E-state index in [9.17, 15) is 9.90 Å². The molecule has 1 aromatic carbocycles. The first kappa shape index (κ1) is 15.7. The van der Waals surface area contributed by atoms with Crippen LogP contribution in [0.25, 0.3) is 0 Å². The van der Waals surface area contributed by atoms with Gasteiger partial charge in [0.2, 0.25) is 0 Å². The second-order valence-electron chi connectivity index (χ2n) is 4.77. The summed E-state index contributed by atoms with van der Waals surface area (Å²) in [6.45, 7) is 2.13. The van der Waals surface area contributed by atoms with Crippen LogP contribution in [0.15, 0.2) is 52.0 Å². The lowest BCUT2D eigenvalue weighted by Gasteiger charge is -2.06. The molecule has 21 heavy (non-hydrogen) atoms. The van der Waals surface area contributed by atoms with Gasteiger partial charge in [-0.1, -0.05) is 18.2 Å². The minimum absolute atomic E-state index is 0.232. The van der Waals surface area contributed by atoms with Gasteiger partial charge in [-0.25, -0.2) is 0 Å². The van der Waals surface area contributed by atoms with Crippen LogP contribution in [-0.2, 0) is 5.75 Å². The molecule has 2 N–H and O–H groups in total. The number of amides is 1. The third-order valence-corrected chi connectivity index (χ3v) is 4.00. The molecular formula is C16H19NO3S. The minimum Gasteiger partial charge on any atom is -0.459 e. The number of carbonyl (C=O) groups excluding carboxylic acids is 1. The van der Waals surface area contributed by atoms with Gasteiger partial charge in [0.1, 0.15) is 0 Å². The zero-order chi connectivity index (χ0) is 15.1. The third-order valence-electron chi connectivity index (χ3n) is 2.94. The van der Waals surface area contributed by atoms with Crippen molar-refractivity contribution in [1.82, 2.24) is 5.32 Å². The summed E-state index contributed by atoms with van der Waals surface area (Å²) in [7, 11) is 0. The third kappa shape index (κ3) is 4.95. The van der Waals surface area contributed by atoms with E-state index in [0.29, 0.717) is 24.5 Å². The van der Waals surface area contributed by atoms with E-state index in [2.05, 4.69) is 5.32 Å². The molecular weight excluding hydrogens is 286 g/mol. The maximum absolute atomic E-state index is 12.0. The van der Waals surface area contributed by atoms with E-state index in [1.54, 1.807) is 18.7 Å². The summed E-state index contributed by atoms with van der Waals surface area (Å²) >= 11 is 1.66. The Morgan fingerprint density at radius 1 is 1.33 bits per heavy atom. The lowest BCUT2D eigenvalue weighted by Crippen LogP contribution is -2.26. The SMILES string of the molecule is CC(O)CCNC(=O)c1occc1CSc1ccccc1. The number of hydrogen-bond donors (Lipinski definition) is 2. The zero-order valence-electron chi connectivity index (χ0n) is 11.9. The van der Waals surface area contributed by atoms with Crippen molar-refractivity contribution in [3.8, 4) is 0 Å². The molecule has 2 rings (SSSR count). The molecule has 0 aliphatic rings. The number of benzene rings is 1. The Kier molecular flexibility index (Phi) is 5.90. The van der Waals surface area contributed by atoms with Crippen molar-refractivity contribution < 1.29 is 14.3 Å². The Hall–Kier alpha value is -1.72. The highest BCUT2D eigenvalue weighted by atomic mass is 32.2. The molecule has 5 heteroatoms. The first-order chi connectivity index (χ1) is 10.2. The standard InChI is InChI=1S/C16H19NO3S/c1-12(18)7-9-17-16(19)15-13(8-10-20-15)11-21-14-5-3-2-4-6-14/h2-6,8,10,12,18H,7,9,11H2,1H3,(H,17,19). The number of nitrogens with one attached hydrogen (secondary N) is 1. The van der Waals surface area contributed by atoms with Crippen molar-refractivity contribution in [3.63, 3.8) is 0 Å². The lowest BCUT2D eigenvalue weighted by atomic mass is 10.2. The molecule has 0 saturated carbocycles. The van der Waals surface area contributed by atoms with Crippen LogP contribution in [-0.4, -0.2) is 23.7 Å². The highest BCUT2D eigenvalue weighted by Crippen LogP contribution is 2.24. The summed E-state index contributed by atoms with van der Waals surface area (Å²) in [5.41, 5.74) is 0.874. The molecule has 1 amide bonds. The summed E-state index contributed by atoms with van der Waals surface area (Å²) in [5.74, 6) is 0.799. The molecule has 0 fully saturated rings. The number of furan rings is 1. The van der Waals surface area contributed by atoms with E-state index in [-0.39, 0.29) is 5.91 Å². The van der Waals surface area contributed by atoms with Gasteiger partial charge in [-0.2, -0.15) is 0 Å². The van der Waals surface area contributed by atoms with Crippen LogP contribution in [0.5, 0.6) is 0 Å². The van der Waals surface area contributed by atoms with Gasteiger partial charge in [0.05, 0.1) is 12.4 Å². The number of hydrogen-bond acceptors (Lipinski definition) is 4. The Morgan fingerprint density at radius 3 is 2.81 bits per heavy atom. The molecule has 0 radical (unpaired) electrons. The summed E-state index contributed by atoms with van der Waals surface area (Å²) in [4.78, 5) is 13.2. The van der Waals surface area contributed by atoms with Gasteiger partial charge in [-0.3, -0.25) is 4.79 Å². The number of aliphatic hydroxyl groups excluding tert-OH is 1. The van der Waals surface area contributed by atoms with Crippen molar-refractivity contribution >= 4 is 17.7 Å². The maximum Gasteiger partial charge on any atom is 0.287 e. The van der Waals surface area contributed by atoms with Crippen molar-refractivity contribution in [1.29, 1.82) is 0 Å². The fraction of sp³-hybridized carbons (Fsp3) is 0.312. The second-order valence-corrected chi connectivity index (χ2v) is 5.82. The molecule has 1 aromatic heterocycles. The van der Waals surface area contributed by atoms with Crippen LogP contribution < -0.4 is 5.32 Å². The van der Waals surface area contributed by atoms with Gasteiger partial charge in [0.15, 0.2) is 5.76 Å². The van der Waals surface area contributed by atoms with Gasteiger partial charge in [-0.15, -0.1) is 11.8 Å². The van der Waals surface area contributed by atoms with Crippen LogP contribution in [0, 0.1) is 0 Å². The predicted octanol–water partition coefficient (Wildman–Crippen LogP) is 3.07. The van der Waals surface area contributed by atoms with Crippen molar-refractivity contribution in [2.75, 3.05) is 6.54 Å². The topological polar surface area (TPSA) is 62.5 Å². The van der Waals surface area contributed by atoms with Crippen molar-refractivity contribution in [3.05, 3.63) is 54.0 Å². The van der Waals surface area contributed by atoms with Gasteiger partial charge in [-0.05, 0) is 31.5 Å². The lowest BCUT2D eigenvalue weighted by molar-refractivity contribution is 0.0917. The van der Waals surface area contributed by atoms with E-state index >= 15 is 0 Å². The van der Waals surface area contributed by atoms with E-state index in [1.165, 1.54) is 6.26 Å². The fourth-order valence-electron chi connectivity index (χ4n) is 1.80. The van der Waals surface area contributed by atoms with E-state index in [0.717, 1.165) is 10.5 Å². The Morgan fingerprint density at radius 2 is 2.10 bits per heavy atom. The van der Waals surface area contributed by atoms with E-state index in [1.807, 2.05) is 36.4 Å². The second kappa shape index (κ2) is 7.90. The predicted molar refractivity (Wildman–Crippen MR) is 83.3 cm³/mol. The molecule has 4 nitrogen and oxygen atoms in total. The number of thioether (sulfide) groups is 1. The quantitative estimate of drug-likeness (QED) is 0.772. The molecule has 0 aliphatic heterocycles. The number of carbonyl (C=O) groups is 1. The van der Waals surface area contributed by atoms with Crippen LogP contribution in [0.4, 0.5) is 0 Å². The van der Waals surface area contributed by atoms with Crippen LogP contribution in [0.1, 0.15) is 29.5 Å². The van der Waals surface area contributed by atoms with E-state index < -0.39 is 6.10 Å². The maximum atomic E-state index is 12.0.